The molecule has 0 saturated carbocycles. The molecule has 3 rings (SSSR count). The molecule has 0 fully saturated rings. The minimum absolute atomic E-state index is 0.0184. The molecule has 0 aliphatic carbocycles. The lowest BCUT2D eigenvalue weighted by atomic mass is 10.2. The number of rotatable bonds is 9. The fourth-order valence-corrected chi connectivity index (χ4v) is 3.65. The van der Waals surface area contributed by atoms with Crippen molar-refractivity contribution in [1.29, 1.82) is 0 Å². The number of carbonyl (C=O) groups excluding carboxylic acids is 2. The molecular formula is C22H24N4O3S. The van der Waals surface area contributed by atoms with Crippen molar-refractivity contribution in [2.24, 2.45) is 0 Å². The lowest BCUT2D eigenvalue weighted by Gasteiger charge is -2.11. The normalized spacial score (nSPS) is 10.6. The van der Waals surface area contributed by atoms with Crippen molar-refractivity contribution in [2.45, 2.75) is 31.8 Å². The average molecular weight is 425 g/mol. The third kappa shape index (κ3) is 6.20. The summed E-state index contributed by atoms with van der Waals surface area (Å²) < 4.78 is 1.63. The van der Waals surface area contributed by atoms with Gasteiger partial charge in [0.25, 0.3) is 0 Å². The lowest BCUT2D eigenvalue weighted by Crippen LogP contribution is -2.28. The van der Waals surface area contributed by atoms with Crippen LogP contribution in [0.4, 0.5) is 5.69 Å². The van der Waals surface area contributed by atoms with Crippen LogP contribution in [-0.4, -0.2) is 32.2 Å². The first-order valence-electron chi connectivity index (χ1n) is 9.50. The number of imidazole rings is 1. The van der Waals surface area contributed by atoms with Crippen molar-refractivity contribution >= 4 is 29.3 Å². The van der Waals surface area contributed by atoms with E-state index < -0.39 is 0 Å². The number of nitrogens with one attached hydrogen (secondary N) is 2. The Morgan fingerprint density at radius 2 is 1.90 bits per heavy atom. The first-order valence-corrected chi connectivity index (χ1v) is 10.5. The number of aromatic nitrogens is 2. The van der Waals surface area contributed by atoms with Crippen molar-refractivity contribution in [3.05, 3.63) is 77.6 Å². The van der Waals surface area contributed by atoms with E-state index in [4.69, 9.17) is 0 Å². The molecule has 2 aromatic carbocycles. The smallest absolute Gasteiger partial charge is 0.240 e. The zero-order valence-corrected chi connectivity index (χ0v) is 17.5. The van der Waals surface area contributed by atoms with E-state index in [2.05, 4.69) is 15.6 Å². The van der Waals surface area contributed by atoms with Gasteiger partial charge in [0.1, 0.15) is 6.54 Å². The maximum absolute atomic E-state index is 12.4. The van der Waals surface area contributed by atoms with Crippen LogP contribution in [0.2, 0.25) is 0 Å². The Balaban J connectivity index is 1.57. The van der Waals surface area contributed by atoms with Gasteiger partial charge in [-0.1, -0.05) is 54.2 Å². The highest BCUT2D eigenvalue weighted by Gasteiger charge is 2.15. The second-order valence-corrected chi connectivity index (χ2v) is 7.69. The van der Waals surface area contributed by atoms with Gasteiger partial charge in [0.2, 0.25) is 11.8 Å². The van der Waals surface area contributed by atoms with Gasteiger partial charge in [-0.3, -0.25) is 9.59 Å². The number of thioether (sulfide) groups is 1. The molecule has 3 N–H and O–H groups in total. The Labute approximate surface area is 179 Å². The van der Waals surface area contributed by atoms with Crippen LogP contribution in [0.5, 0.6) is 0 Å². The minimum atomic E-state index is -0.241. The zero-order valence-electron chi connectivity index (χ0n) is 16.7. The molecule has 2 amide bonds. The predicted molar refractivity (Wildman–Crippen MR) is 117 cm³/mol. The number of hydrogen-bond donors (Lipinski definition) is 3. The quantitative estimate of drug-likeness (QED) is 0.459. The summed E-state index contributed by atoms with van der Waals surface area (Å²) in [6, 6.07) is 17.2. The van der Waals surface area contributed by atoms with Crippen LogP contribution in [0.15, 0.2) is 66.0 Å². The molecule has 0 aliphatic heterocycles. The fraction of sp³-hybridized carbons (Fsp3) is 0.227. The summed E-state index contributed by atoms with van der Waals surface area (Å²) in [5, 5.41) is 15.8. The van der Waals surface area contributed by atoms with Crippen LogP contribution < -0.4 is 10.6 Å². The van der Waals surface area contributed by atoms with E-state index in [-0.39, 0.29) is 30.7 Å². The van der Waals surface area contributed by atoms with E-state index in [0.29, 0.717) is 17.4 Å². The Hall–Kier alpha value is -3.10. The van der Waals surface area contributed by atoms with E-state index in [0.717, 1.165) is 16.8 Å². The van der Waals surface area contributed by atoms with E-state index in [1.165, 1.54) is 18.0 Å². The standard InChI is InChI=1S/C22H24N4O3S/c1-16-6-5-9-18(10-16)25-21(29)15-30-22-24-12-19(14-27)26(22)13-20(28)23-11-17-7-3-2-4-8-17/h2-10,12,27H,11,13-15H2,1H3,(H,23,28)(H,25,29). The summed E-state index contributed by atoms with van der Waals surface area (Å²) in [6.07, 6.45) is 1.52. The third-order valence-electron chi connectivity index (χ3n) is 4.33. The molecule has 156 valence electrons. The zero-order chi connectivity index (χ0) is 21.3. The van der Waals surface area contributed by atoms with E-state index in [9.17, 15) is 14.7 Å². The molecule has 0 radical (unpaired) electrons. The van der Waals surface area contributed by atoms with Gasteiger partial charge < -0.3 is 20.3 Å². The SMILES string of the molecule is Cc1cccc(NC(=O)CSc2ncc(CO)n2CC(=O)NCc2ccccc2)c1. The number of nitrogens with zero attached hydrogens (tertiary/aromatic N) is 2. The second kappa shape index (κ2) is 10.6. The molecule has 0 spiro atoms. The van der Waals surface area contributed by atoms with Gasteiger partial charge in [-0.05, 0) is 30.2 Å². The predicted octanol–water partition coefficient (Wildman–Crippen LogP) is 2.73. The van der Waals surface area contributed by atoms with E-state index in [1.54, 1.807) is 4.57 Å². The molecule has 1 heterocycles. The van der Waals surface area contributed by atoms with Gasteiger partial charge in [-0.15, -0.1) is 0 Å². The fourth-order valence-electron chi connectivity index (χ4n) is 2.85. The largest absolute Gasteiger partial charge is 0.390 e. The van der Waals surface area contributed by atoms with Crippen LogP contribution in [-0.2, 0) is 29.3 Å². The Morgan fingerprint density at radius 1 is 1.10 bits per heavy atom. The molecule has 7 nitrogen and oxygen atoms in total. The summed E-state index contributed by atoms with van der Waals surface area (Å²) in [5.41, 5.74) is 3.32. The monoisotopic (exact) mass is 424 g/mol. The Kier molecular flexibility index (Phi) is 7.64. The highest BCUT2D eigenvalue weighted by Crippen LogP contribution is 2.19. The van der Waals surface area contributed by atoms with Crippen LogP contribution in [0.3, 0.4) is 0 Å². The maximum Gasteiger partial charge on any atom is 0.240 e. The Bertz CT molecular complexity index is 1000. The van der Waals surface area contributed by atoms with E-state index in [1.807, 2.05) is 61.5 Å². The summed E-state index contributed by atoms with van der Waals surface area (Å²) in [6.45, 7) is 2.16. The first-order chi connectivity index (χ1) is 14.5. The van der Waals surface area contributed by atoms with Gasteiger partial charge >= 0.3 is 0 Å². The average Bonchev–Trinajstić information content (AvgIpc) is 3.13. The third-order valence-corrected chi connectivity index (χ3v) is 5.32. The molecule has 0 saturated heterocycles. The van der Waals surface area contributed by atoms with Crippen molar-refractivity contribution in [3.8, 4) is 0 Å². The van der Waals surface area contributed by atoms with Crippen molar-refractivity contribution in [3.63, 3.8) is 0 Å². The van der Waals surface area contributed by atoms with Gasteiger partial charge in [-0.2, -0.15) is 0 Å². The van der Waals surface area contributed by atoms with Gasteiger partial charge in [0, 0.05) is 12.2 Å². The Morgan fingerprint density at radius 3 is 2.63 bits per heavy atom. The number of aryl methyl sites for hydroxylation is 1. The molecule has 0 bridgehead atoms. The summed E-state index contributed by atoms with van der Waals surface area (Å²) in [7, 11) is 0. The highest BCUT2D eigenvalue weighted by atomic mass is 32.2. The number of aliphatic hydroxyl groups excluding tert-OH is 1. The number of amides is 2. The maximum atomic E-state index is 12.4. The topological polar surface area (TPSA) is 96.2 Å². The molecule has 30 heavy (non-hydrogen) atoms. The minimum Gasteiger partial charge on any atom is -0.390 e. The van der Waals surface area contributed by atoms with Crippen LogP contribution in [0.25, 0.3) is 0 Å². The molecular weight excluding hydrogens is 400 g/mol. The van der Waals surface area contributed by atoms with Gasteiger partial charge in [-0.25, -0.2) is 4.98 Å². The number of benzene rings is 2. The van der Waals surface area contributed by atoms with Crippen LogP contribution in [0, 0.1) is 6.92 Å². The van der Waals surface area contributed by atoms with Crippen molar-refractivity contribution < 1.29 is 14.7 Å². The molecule has 3 aromatic rings. The van der Waals surface area contributed by atoms with Gasteiger partial charge in [0.05, 0.1) is 24.3 Å². The van der Waals surface area contributed by atoms with Crippen molar-refractivity contribution in [1.82, 2.24) is 14.9 Å². The highest BCUT2D eigenvalue weighted by molar-refractivity contribution is 7.99. The molecule has 0 atom stereocenters. The summed E-state index contributed by atoms with van der Waals surface area (Å²) in [5.74, 6) is -0.224. The van der Waals surface area contributed by atoms with E-state index >= 15 is 0 Å². The summed E-state index contributed by atoms with van der Waals surface area (Å²) >= 11 is 1.22. The van der Waals surface area contributed by atoms with Gasteiger partial charge in [0.15, 0.2) is 5.16 Å². The molecule has 0 unspecified atom stereocenters. The molecule has 1 aromatic heterocycles. The second-order valence-electron chi connectivity index (χ2n) is 6.75. The number of carbonyl (C=O) groups is 2. The van der Waals surface area contributed by atoms with Crippen molar-refractivity contribution in [2.75, 3.05) is 11.1 Å². The lowest BCUT2D eigenvalue weighted by molar-refractivity contribution is -0.122. The molecule has 0 aliphatic rings. The van der Waals surface area contributed by atoms with Crippen LogP contribution in [0.1, 0.15) is 16.8 Å². The number of anilines is 1. The number of hydrogen-bond acceptors (Lipinski definition) is 5. The summed E-state index contributed by atoms with van der Waals surface area (Å²) in [4.78, 5) is 28.9. The number of aliphatic hydroxyl groups is 1. The first kappa shape index (κ1) is 21.6. The van der Waals surface area contributed by atoms with Crippen LogP contribution >= 0.6 is 11.8 Å². The molecule has 8 heteroatoms.